The van der Waals surface area contributed by atoms with E-state index in [1.807, 2.05) is 19.1 Å². The molecule has 0 spiro atoms. The number of carbonyl (C=O) groups is 1. The molecule has 0 saturated heterocycles. The van der Waals surface area contributed by atoms with Crippen LogP contribution in [0.15, 0.2) is 27.2 Å². The summed E-state index contributed by atoms with van der Waals surface area (Å²) in [4.78, 5) is 11.0. The minimum Gasteiger partial charge on any atom is -0.294 e. The van der Waals surface area contributed by atoms with Crippen LogP contribution in [0.1, 0.15) is 11.1 Å². The summed E-state index contributed by atoms with van der Waals surface area (Å²) in [7, 11) is 0. The molecule has 0 saturated carbocycles. The summed E-state index contributed by atoms with van der Waals surface area (Å²) in [6.07, 6.45) is 3.23. The minimum absolute atomic E-state index is 0.0150. The van der Waals surface area contributed by atoms with Crippen molar-refractivity contribution in [1.82, 2.24) is 0 Å². The van der Waals surface area contributed by atoms with E-state index in [4.69, 9.17) is 11.6 Å². The second-order valence-corrected chi connectivity index (χ2v) is 5.03. The van der Waals surface area contributed by atoms with Crippen LogP contribution in [0.4, 0.5) is 0 Å². The Kier molecular flexibility index (Phi) is 5.03. The number of hydrogen-bond acceptors (Lipinski definition) is 1. The van der Waals surface area contributed by atoms with E-state index in [9.17, 15) is 4.79 Å². The van der Waals surface area contributed by atoms with Crippen molar-refractivity contribution in [3.63, 3.8) is 0 Å². The molecule has 0 aromatic heterocycles. The first-order valence-electron chi connectivity index (χ1n) is 4.27. The molecule has 80 valence electrons. The molecular formula is C11H9Br2ClO. The first-order chi connectivity index (χ1) is 7.04. The van der Waals surface area contributed by atoms with Crippen LogP contribution in [0.3, 0.4) is 0 Å². The van der Waals surface area contributed by atoms with Gasteiger partial charge in [-0.3, -0.25) is 4.79 Å². The van der Waals surface area contributed by atoms with Gasteiger partial charge >= 0.3 is 0 Å². The minimum atomic E-state index is -0.0970. The average Bonchev–Trinajstić information content (AvgIpc) is 2.21. The number of carbonyl (C=O) groups excluding carboxylic acids is 1. The average molecular weight is 352 g/mol. The molecule has 0 bridgehead atoms. The predicted octanol–water partition coefficient (Wildman–Crippen LogP) is 4.34. The van der Waals surface area contributed by atoms with Gasteiger partial charge in [-0.05, 0) is 36.3 Å². The standard InChI is InChI=1S/C11H9Br2ClO/c1-7-4-11(13)8(5-10(7)12)2-3-9(15)6-14/h2-5H,6H2,1H3/b3-2+. The molecule has 0 aliphatic carbocycles. The molecule has 1 rings (SSSR count). The normalized spacial score (nSPS) is 10.9. The molecule has 1 aromatic carbocycles. The molecule has 0 aliphatic rings. The zero-order valence-electron chi connectivity index (χ0n) is 8.06. The van der Waals surface area contributed by atoms with Crippen LogP contribution in [-0.2, 0) is 4.79 Å². The van der Waals surface area contributed by atoms with Crippen molar-refractivity contribution in [2.75, 3.05) is 5.88 Å². The number of alkyl halides is 1. The zero-order valence-corrected chi connectivity index (χ0v) is 12.0. The topological polar surface area (TPSA) is 17.1 Å². The summed E-state index contributed by atoms with van der Waals surface area (Å²) in [6.45, 7) is 2.01. The third-order valence-corrected chi connectivity index (χ3v) is 3.66. The van der Waals surface area contributed by atoms with Gasteiger partial charge in [-0.25, -0.2) is 0 Å². The van der Waals surface area contributed by atoms with Gasteiger partial charge in [0.2, 0.25) is 0 Å². The maximum absolute atomic E-state index is 11.0. The van der Waals surface area contributed by atoms with Gasteiger partial charge in [0.25, 0.3) is 0 Å². The van der Waals surface area contributed by atoms with Crippen molar-refractivity contribution in [2.24, 2.45) is 0 Å². The highest BCUT2D eigenvalue weighted by Gasteiger charge is 2.01. The van der Waals surface area contributed by atoms with Crippen LogP contribution in [0.5, 0.6) is 0 Å². The first-order valence-corrected chi connectivity index (χ1v) is 6.39. The summed E-state index contributed by atoms with van der Waals surface area (Å²) in [5, 5.41) is 0. The van der Waals surface area contributed by atoms with Gasteiger partial charge in [0, 0.05) is 8.95 Å². The summed E-state index contributed by atoms with van der Waals surface area (Å²) in [5.74, 6) is -0.0819. The van der Waals surface area contributed by atoms with Gasteiger partial charge in [0.05, 0.1) is 5.88 Å². The van der Waals surface area contributed by atoms with E-state index < -0.39 is 0 Å². The van der Waals surface area contributed by atoms with Gasteiger partial charge in [0.1, 0.15) is 0 Å². The Morgan fingerprint density at radius 1 is 1.40 bits per heavy atom. The zero-order chi connectivity index (χ0) is 11.4. The van der Waals surface area contributed by atoms with E-state index in [0.29, 0.717) is 0 Å². The van der Waals surface area contributed by atoms with Gasteiger partial charge in [0.15, 0.2) is 5.78 Å². The molecule has 0 unspecified atom stereocenters. The number of ketones is 1. The lowest BCUT2D eigenvalue weighted by Gasteiger charge is -2.03. The second-order valence-electron chi connectivity index (χ2n) is 3.06. The van der Waals surface area contributed by atoms with Crippen molar-refractivity contribution in [1.29, 1.82) is 0 Å². The molecule has 0 amide bonds. The van der Waals surface area contributed by atoms with Crippen LogP contribution in [-0.4, -0.2) is 11.7 Å². The highest BCUT2D eigenvalue weighted by atomic mass is 79.9. The van der Waals surface area contributed by atoms with Crippen LogP contribution in [0.25, 0.3) is 6.08 Å². The number of rotatable bonds is 3. The fraction of sp³-hybridized carbons (Fsp3) is 0.182. The Labute approximate surface area is 111 Å². The number of benzene rings is 1. The maximum Gasteiger partial charge on any atom is 0.170 e. The summed E-state index contributed by atoms with van der Waals surface area (Å²) in [6, 6.07) is 3.95. The lowest BCUT2D eigenvalue weighted by Crippen LogP contribution is -1.92. The van der Waals surface area contributed by atoms with Crippen LogP contribution >= 0.6 is 43.5 Å². The smallest absolute Gasteiger partial charge is 0.170 e. The van der Waals surface area contributed by atoms with Gasteiger partial charge in [-0.1, -0.05) is 37.9 Å². The predicted molar refractivity (Wildman–Crippen MR) is 71.3 cm³/mol. The molecule has 0 fully saturated rings. The maximum atomic E-state index is 11.0. The van der Waals surface area contributed by atoms with Gasteiger partial charge < -0.3 is 0 Å². The lowest BCUT2D eigenvalue weighted by atomic mass is 10.1. The number of allylic oxidation sites excluding steroid dienone is 1. The summed E-state index contributed by atoms with van der Waals surface area (Å²) >= 11 is 12.3. The Morgan fingerprint density at radius 3 is 2.67 bits per heavy atom. The Morgan fingerprint density at radius 2 is 2.07 bits per heavy atom. The Hall–Kier alpha value is -0.120. The monoisotopic (exact) mass is 350 g/mol. The molecule has 1 aromatic rings. The molecule has 0 heterocycles. The van der Waals surface area contributed by atoms with Gasteiger partial charge in [-0.2, -0.15) is 0 Å². The van der Waals surface area contributed by atoms with Crippen molar-refractivity contribution in [3.05, 3.63) is 38.3 Å². The van der Waals surface area contributed by atoms with E-state index in [1.54, 1.807) is 6.08 Å². The van der Waals surface area contributed by atoms with Crippen molar-refractivity contribution in [2.45, 2.75) is 6.92 Å². The lowest BCUT2D eigenvalue weighted by molar-refractivity contribution is -0.112. The third kappa shape index (κ3) is 3.74. The van der Waals surface area contributed by atoms with Crippen LogP contribution in [0, 0.1) is 6.92 Å². The van der Waals surface area contributed by atoms with E-state index in [1.165, 1.54) is 6.08 Å². The molecule has 1 nitrogen and oxygen atoms in total. The molecule has 0 N–H and O–H groups in total. The summed E-state index contributed by atoms with van der Waals surface area (Å²) < 4.78 is 1.98. The van der Waals surface area contributed by atoms with Crippen LogP contribution in [0.2, 0.25) is 0 Å². The van der Waals surface area contributed by atoms with E-state index in [-0.39, 0.29) is 11.7 Å². The quantitative estimate of drug-likeness (QED) is 0.584. The highest BCUT2D eigenvalue weighted by molar-refractivity contribution is 9.11. The number of aryl methyl sites for hydroxylation is 1. The van der Waals surface area contributed by atoms with E-state index >= 15 is 0 Å². The molecule has 4 heteroatoms. The van der Waals surface area contributed by atoms with Crippen molar-refractivity contribution < 1.29 is 4.79 Å². The van der Waals surface area contributed by atoms with E-state index in [0.717, 1.165) is 20.1 Å². The molecular weight excluding hydrogens is 343 g/mol. The molecule has 0 aliphatic heterocycles. The molecule has 0 atom stereocenters. The number of hydrogen-bond donors (Lipinski definition) is 0. The molecule has 15 heavy (non-hydrogen) atoms. The largest absolute Gasteiger partial charge is 0.294 e. The fourth-order valence-corrected chi connectivity index (χ4v) is 2.06. The Balaban J connectivity index is 3.00. The SMILES string of the molecule is Cc1cc(Br)c(/C=C/C(=O)CCl)cc1Br. The second kappa shape index (κ2) is 5.83. The summed E-state index contributed by atoms with van der Waals surface area (Å²) in [5.41, 5.74) is 2.09. The van der Waals surface area contributed by atoms with Crippen molar-refractivity contribution in [3.8, 4) is 0 Å². The fourth-order valence-electron chi connectivity index (χ4n) is 1.02. The van der Waals surface area contributed by atoms with Crippen LogP contribution < -0.4 is 0 Å². The third-order valence-electron chi connectivity index (χ3n) is 1.86. The Bertz CT molecular complexity index is 413. The number of halogens is 3. The highest BCUT2D eigenvalue weighted by Crippen LogP contribution is 2.26. The molecule has 0 radical (unpaired) electrons. The van der Waals surface area contributed by atoms with Crippen molar-refractivity contribution >= 4 is 55.3 Å². The first kappa shape index (κ1) is 12.9. The van der Waals surface area contributed by atoms with Gasteiger partial charge in [-0.15, -0.1) is 11.6 Å². The van der Waals surface area contributed by atoms with E-state index in [2.05, 4.69) is 31.9 Å².